The standard InChI is InChI=1S/C14H19.C2H4O2.2CH3.Ti/c1-10-11-6-2-4-8-13(11)14-9-5-3-7-12(10)14;1-2(3)4;;;/h6,10H,2-5,7-9H2,1H3;1H3,(H,3,4);2*1H3;/q;;;;+1/p-1. The number of hydrogen-bond acceptors (Lipinski definition) is 2. The van der Waals surface area contributed by atoms with Crippen LogP contribution in [0.3, 0.4) is 0 Å². The molecular weight excluding hydrogens is 296 g/mol. The van der Waals surface area contributed by atoms with Crippen molar-refractivity contribution in [1.29, 1.82) is 0 Å². The Labute approximate surface area is 132 Å². The van der Waals surface area contributed by atoms with Gasteiger partial charge in [-0.25, -0.2) is 0 Å². The van der Waals surface area contributed by atoms with Crippen LogP contribution in [0.4, 0.5) is 0 Å². The van der Waals surface area contributed by atoms with E-state index < -0.39 is 17.0 Å². The molecule has 0 aromatic heterocycles. The molecule has 0 aromatic rings. The fourth-order valence-corrected chi connectivity index (χ4v) is 9.60. The summed E-state index contributed by atoms with van der Waals surface area (Å²) in [6.45, 7) is 3.99. The van der Waals surface area contributed by atoms with E-state index in [0.29, 0.717) is 10.1 Å². The molecular formula is C18H28O2Ti. The number of carbonyl (C=O) groups excluding carboxylic acids is 1. The summed E-state index contributed by atoms with van der Waals surface area (Å²) in [5, 5.41) is 4.57. The molecule has 0 amide bonds. The quantitative estimate of drug-likeness (QED) is 0.627. The average molecular weight is 324 g/mol. The number of rotatable bonds is 2. The molecule has 0 aromatic carbocycles. The van der Waals surface area contributed by atoms with Crippen LogP contribution < -0.4 is 0 Å². The minimum absolute atomic E-state index is 0.0731. The molecule has 0 spiro atoms. The van der Waals surface area contributed by atoms with E-state index >= 15 is 0 Å². The number of hydrogen-bond donors (Lipinski definition) is 0. The van der Waals surface area contributed by atoms with E-state index in [4.69, 9.17) is 3.32 Å². The van der Waals surface area contributed by atoms with Crippen molar-refractivity contribution in [3.63, 3.8) is 0 Å². The predicted octanol–water partition coefficient (Wildman–Crippen LogP) is 5.50. The Balaban J connectivity index is 1.96. The molecule has 2 unspecified atom stereocenters. The fraction of sp³-hybridized carbons (Fsp3) is 0.722. The van der Waals surface area contributed by atoms with Gasteiger partial charge < -0.3 is 0 Å². The van der Waals surface area contributed by atoms with Crippen molar-refractivity contribution in [2.24, 2.45) is 5.92 Å². The summed E-state index contributed by atoms with van der Waals surface area (Å²) in [6.07, 6.45) is 9.12. The van der Waals surface area contributed by atoms with Gasteiger partial charge in [-0.05, 0) is 0 Å². The molecule has 2 atom stereocenters. The zero-order chi connectivity index (χ0) is 15.2. The first kappa shape index (κ1) is 15.6. The third-order valence-electron chi connectivity index (χ3n) is 5.75. The van der Waals surface area contributed by atoms with Crippen LogP contribution in [0.5, 0.6) is 0 Å². The van der Waals surface area contributed by atoms with E-state index in [9.17, 15) is 4.79 Å². The van der Waals surface area contributed by atoms with E-state index in [0.717, 1.165) is 0 Å². The van der Waals surface area contributed by atoms with Gasteiger partial charge in [0, 0.05) is 0 Å². The average Bonchev–Trinajstić information content (AvgIpc) is 2.72. The molecule has 3 rings (SSSR count). The molecule has 0 N–H and O–H groups in total. The normalized spacial score (nSPS) is 29.3. The van der Waals surface area contributed by atoms with E-state index in [1.165, 1.54) is 44.9 Å². The van der Waals surface area contributed by atoms with Gasteiger partial charge >= 0.3 is 133 Å². The van der Waals surface area contributed by atoms with Crippen LogP contribution in [-0.2, 0) is 25.1 Å². The van der Waals surface area contributed by atoms with Gasteiger partial charge in [-0.3, -0.25) is 0 Å². The van der Waals surface area contributed by atoms with Gasteiger partial charge in [0.2, 0.25) is 0 Å². The van der Waals surface area contributed by atoms with Gasteiger partial charge in [0.05, 0.1) is 0 Å². The molecule has 2 nitrogen and oxygen atoms in total. The van der Waals surface area contributed by atoms with Crippen LogP contribution in [0.25, 0.3) is 0 Å². The topological polar surface area (TPSA) is 26.3 Å². The van der Waals surface area contributed by atoms with E-state index in [2.05, 4.69) is 17.4 Å². The Morgan fingerprint density at radius 1 is 1.10 bits per heavy atom. The van der Waals surface area contributed by atoms with Crippen LogP contribution in [0.2, 0.25) is 14.7 Å². The molecule has 0 bridgehead atoms. The second-order valence-electron chi connectivity index (χ2n) is 7.51. The molecule has 0 heterocycles. The van der Waals surface area contributed by atoms with Gasteiger partial charge in [0.15, 0.2) is 0 Å². The van der Waals surface area contributed by atoms with Crippen molar-refractivity contribution in [3.8, 4) is 0 Å². The Hall–Kier alpha value is -0.336. The van der Waals surface area contributed by atoms with Crippen molar-refractivity contribution in [2.45, 2.75) is 73.5 Å². The van der Waals surface area contributed by atoms with Crippen LogP contribution in [-0.4, -0.2) is 5.97 Å². The van der Waals surface area contributed by atoms with E-state index in [-0.39, 0.29) is 5.97 Å². The van der Waals surface area contributed by atoms with Crippen molar-refractivity contribution < 1.29 is 25.1 Å². The van der Waals surface area contributed by atoms with Crippen LogP contribution >= 0.6 is 0 Å². The number of carbonyl (C=O) groups is 1. The Morgan fingerprint density at radius 2 is 1.76 bits per heavy atom. The molecule has 0 saturated heterocycles. The zero-order valence-electron chi connectivity index (χ0n) is 13.9. The van der Waals surface area contributed by atoms with Crippen molar-refractivity contribution in [1.82, 2.24) is 0 Å². The summed E-state index contributed by atoms with van der Waals surface area (Å²) in [4.78, 5) is 11.5. The van der Waals surface area contributed by atoms with Crippen LogP contribution in [0, 0.1) is 5.92 Å². The monoisotopic (exact) mass is 324 g/mol. The Kier molecular flexibility index (Phi) is 4.22. The number of fused-ring (bicyclic) bond motifs is 1. The van der Waals surface area contributed by atoms with Crippen LogP contribution in [0.15, 0.2) is 22.3 Å². The summed E-state index contributed by atoms with van der Waals surface area (Å²) in [5.41, 5.74) is 6.84. The summed E-state index contributed by atoms with van der Waals surface area (Å²) in [5.74, 6) is 0.553. The molecule has 3 aliphatic rings. The second kappa shape index (κ2) is 5.70. The molecule has 0 fully saturated rings. The first-order valence-corrected chi connectivity index (χ1v) is 13.2. The van der Waals surface area contributed by atoms with E-state index in [1.54, 1.807) is 29.2 Å². The molecule has 0 aliphatic heterocycles. The van der Waals surface area contributed by atoms with Gasteiger partial charge in [-0.2, -0.15) is 0 Å². The summed E-state index contributed by atoms with van der Waals surface area (Å²) < 4.78 is 6.46. The minimum atomic E-state index is -2.56. The third-order valence-corrected chi connectivity index (χ3v) is 10.6. The first-order chi connectivity index (χ1) is 9.92. The first-order valence-electron chi connectivity index (χ1n) is 8.56. The SMILES string of the molecule is CC(=O)[O][Ti]([CH3])([CH3])[CH]1CCCC2=C1C(C)C1=C2CCCC1. The summed E-state index contributed by atoms with van der Waals surface area (Å²) in [7, 11) is 0. The van der Waals surface area contributed by atoms with Crippen molar-refractivity contribution >= 4 is 5.97 Å². The van der Waals surface area contributed by atoms with Crippen molar-refractivity contribution in [2.75, 3.05) is 0 Å². The molecule has 0 radical (unpaired) electrons. The fourth-order valence-electron chi connectivity index (χ4n) is 4.98. The van der Waals surface area contributed by atoms with Gasteiger partial charge in [-0.15, -0.1) is 0 Å². The third kappa shape index (κ3) is 2.70. The molecule has 3 aliphatic carbocycles. The maximum absolute atomic E-state index is 11.5. The molecule has 116 valence electrons. The maximum atomic E-state index is 11.5. The Bertz CT molecular complexity index is 527. The summed E-state index contributed by atoms with van der Waals surface area (Å²) in [6, 6.07) is 0. The number of allylic oxidation sites excluding steroid dienone is 4. The molecule has 21 heavy (non-hydrogen) atoms. The predicted molar refractivity (Wildman–Crippen MR) is 82.8 cm³/mol. The van der Waals surface area contributed by atoms with Gasteiger partial charge in [0.1, 0.15) is 0 Å². The van der Waals surface area contributed by atoms with Crippen LogP contribution in [0.1, 0.15) is 58.8 Å². The zero-order valence-corrected chi connectivity index (χ0v) is 15.5. The van der Waals surface area contributed by atoms with Crippen molar-refractivity contribution in [3.05, 3.63) is 22.3 Å². The molecule has 3 heteroatoms. The van der Waals surface area contributed by atoms with Gasteiger partial charge in [0.25, 0.3) is 0 Å². The van der Waals surface area contributed by atoms with Gasteiger partial charge in [-0.1, -0.05) is 0 Å². The van der Waals surface area contributed by atoms with E-state index in [1.807, 2.05) is 0 Å². The molecule has 0 saturated carbocycles. The Morgan fingerprint density at radius 3 is 2.48 bits per heavy atom. The summed E-state index contributed by atoms with van der Waals surface area (Å²) >= 11 is -2.56. The second-order valence-corrected chi connectivity index (χ2v) is 13.9.